The number of halogens is 1. The lowest BCUT2D eigenvalue weighted by atomic mass is 9.70. The van der Waals surface area contributed by atoms with Crippen molar-refractivity contribution in [3.8, 4) is 5.75 Å². The molecule has 48 heavy (non-hydrogen) atoms. The van der Waals surface area contributed by atoms with Gasteiger partial charge in [0.1, 0.15) is 21.8 Å². The molecule has 3 heterocycles. The lowest BCUT2D eigenvalue weighted by Crippen LogP contribution is -2.46. The molecule has 1 spiro atoms. The number of amides is 2. The van der Waals surface area contributed by atoms with Gasteiger partial charge in [0, 0.05) is 49.9 Å². The highest BCUT2D eigenvalue weighted by Gasteiger charge is 2.70. The average Bonchev–Trinajstić information content (AvgIpc) is 3.49. The quantitative estimate of drug-likeness (QED) is 0.361. The summed E-state index contributed by atoms with van der Waals surface area (Å²) >= 11 is 6.45. The third-order valence-corrected chi connectivity index (χ3v) is 13.2. The summed E-state index contributed by atoms with van der Waals surface area (Å²) in [7, 11) is -0.00459. The Balaban J connectivity index is 1.20. The molecule has 3 unspecified atom stereocenters. The fourth-order valence-electron chi connectivity index (χ4n) is 8.56. The molecule has 2 saturated carbocycles. The Kier molecular flexibility index (Phi) is 7.92. The number of hydrogen-bond donors (Lipinski definition) is 1. The number of nitrogens with one attached hydrogen (secondary N) is 1. The molecular formula is C36H40ClN5O5S. The van der Waals surface area contributed by atoms with Crippen LogP contribution in [0.5, 0.6) is 5.75 Å². The molecule has 0 saturated heterocycles. The van der Waals surface area contributed by atoms with E-state index in [1.165, 1.54) is 28.2 Å². The van der Waals surface area contributed by atoms with Gasteiger partial charge in [0.2, 0.25) is 0 Å². The molecule has 5 aliphatic rings. The molecule has 2 amide bonds. The number of carbonyl (C=O) groups excluding carboxylic acids is 2. The van der Waals surface area contributed by atoms with Crippen molar-refractivity contribution in [2.75, 3.05) is 30.9 Å². The lowest BCUT2D eigenvalue weighted by molar-refractivity contribution is 0.0134. The maximum absolute atomic E-state index is 14.2. The van der Waals surface area contributed by atoms with E-state index in [0.29, 0.717) is 36.2 Å². The molecule has 7 atom stereocenters. The third-order valence-electron chi connectivity index (χ3n) is 11.2. The second-order valence-electron chi connectivity index (χ2n) is 13.9. The highest BCUT2D eigenvalue weighted by molar-refractivity contribution is 7.92. The maximum Gasteiger partial charge on any atom is 0.286 e. The molecule has 252 valence electrons. The van der Waals surface area contributed by atoms with Crippen molar-refractivity contribution in [1.82, 2.24) is 14.5 Å². The number of anilines is 1. The minimum atomic E-state index is -3.46. The van der Waals surface area contributed by atoms with Gasteiger partial charge in [-0.1, -0.05) is 29.8 Å². The summed E-state index contributed by atoms with van der Waals surface area (Å²) < 4.78 is 35.3. The van der Waals surface area contributed by atoms with Crippen LogP contribution in [0.1, 0.15) is 63.9 Å². The highest BCUT2D eigenvalue weighted by atomic mass is 35.5. The number of allylic oxidation sites excluding steroid dienone is 1. The van der Waals surface area contributed by atoms with Crippen LogP contribution in [-0.4, -0.2) is 64.0 Å². The number of hydrogen-bond acceptors (Lipinski definition) is 7. The van der Waals surface area contributed by atoms with E-state index in [1.54, 1.807) is 20.2 Å². The van der Waals surface area contributed by atoms with Crippen LogP contribution in [0.15, 0.2) is 65.3 Å². The Morgan fingerprint density at radius 3 is 2.83 bits per heavy atom. The molecule has 2 aromatic carbocycles. The normalized spacial score (nSPS) is 32.9. The van der Waals surface area contributed by atoms with Gasteiger partial charge in [-0.3, -0.25) is 19.0 Å². The fraction of sp³-hybridized carbons (Fsp3) is 0.472. The zero-order valence-electron chi connectivity index (χ0n) is 27.1. The first-order chi connectivity index (χ1) is 23.2. The minimum Gasteiger partial charge on any atom is -0.487 e. The Morgan fingerprint density at radius 2 is 2.06 bits per heavy atom. The molecule has 2 bridgehead atoms. The van der Waals surface area contributed by atoms with Crippen molar-refractivity contribution in [1.29, 1.82) is 0 Å². The number of benzene rings is 2. The van der Waals surface area contributed by atoms with Crippen LogP contribution in [-0.2, 0) is 33.5 Å². The number of aryl methyl sites for hydroxylation is 2. The summed E-state index contributed by atoms with van der Waals surface area (Å²) in [5.41, 5.74) is 3.81. The number of ether oxygens (including phenoxy) is 2. The van der Waals surface area contributed by atoms with E-state index < -0.39 is 21.7 Å². The van der Waals surface area contributed by atoms with E-state index in [9.17, 15) is 13.8 Å². The first-order valence-electron chi connectivity index (χ1n) is 16.8. The van der Waals surface area contributed by atoms with E-state index in [4.69, 9.17) is 21.1 Å². The summed E-state index contributed by atoms with van der Waals surface area (Å²) in [6.07, 6.45) is 12.4. The SMILES string of the molecule is CO[C@H]1/C=C/CCCS(=O)(NC(=O)c2cnn(C)c2)=NC(=O)c2ccc3c(c2)N(C[C@@H]2CC[C@H]21)C[C@@]12c4ccc(Cl)cc4CCC1C2O3. The standard InChI is InChI=1S/C36H40ClN5O5S/c1-41-19-25(18-38-41)35(44)40-48(45)15-5-3-4-6-31(46-2)27-11-7-24(27)20-42-21-36-28-13-10-26(37)16-22(28)8-12-29(36)33(36)47-32-14-9-23(17-30(32)42)34(43)39-48/h4,6,9-10,13-14,16-19,24,27,29,31,33H,3,5,7-8,11-12,15,20-21H2,1-2H3,(H,39,40,43,44,45)/b6-4+/t24-,27+,29?,31-,33?,36+,48?/m0/s1. The summed E-state index contributed by atoms with van der Waals surface area (Å²) in [6, 6.07) is 11.7. The number of aromatic nitrogens is 2. The molecule has 2 fully saturated rings. The largest absolute Gasteiger partial charge is 0.487 e. The molecule has 12 heteroatoms. The smallest absolute Gasteiger partial charge is 0.286 e. The van der Waals surface area contributed by atoms with Gasteiger partial charge in [0.15, 0.2) is 0 Å². The van der Waals surface area contributed by atoms with Gasteiger partial charge in [0.25, 0.3) is 11.8 Å². The summed E-state index contributed by atoms with van der Waals surface area (Å²) in [4.78, 5) is 29.3. The number of fused-ring (bicyclic) bond motifs is 4. The monoisotopic (exact) mass is 689 g/mol. The van der Waals surface area contributed by atoms with Crippen molar-refractivity contribution in [2.24, 2.45) is 29.2 Å². The second-order valence-corrected chi connectivity index (χ2v) is 16.4. The predicted octanol–water partition coefficient (Wildman–Crippen LogP) is 5.50. The highest BCUT2D eigenvalue weighted by Crippen LogP contribution is 2.64. The molecule has 8 rings (SSSR count). The van der Waals surface area contributed by atoms with Crippen LogP contribution in [0.3, 0.4) is 0 Å². The van der Waals surface area contributed by atoms with Crippen LogP contribution >= 0.6 is 11.6 Å². The summed E-state index contributed by atoms with van der Waals surface area (Å²) in [6.45, 7) is 1.55. The molecule has 1 aromatic heterocycles. The van der Waals surface area contributed by atoms with Gasteiger partial charge in [-0.25, -0.2) is 4.21 Å². The van der Waals surface area contributed by atoms with Gasteiger partial charge in [-0.2, -0.15) is 5.10 Å². The average molecular weight is 690 g/mol. The molecular weight excluding hydrogens is 650 g/mol. The van der Waals surface area contributed by atoms with Gasteiger partial charge < -0.3 is 14.4 Å². The van der Waals surface area contributed by atoms with Gasteiger partial charge in [0.05, 0.1) is 34.7 Å². The molecule has 10 nitrogen and oxygen atoms in total. The lowest BCUT2D eigenvalue weighted by Gasteiger charge is -2.44. The Labute approximate surface area is 286 Å². The number of carbonyl (C=O) groups is 2. The molecule has 3 aliphatic carbocycles. The number of rotatable bonds is 3. The zero-order chi connectivity index (χ0) is 33.2. The summed E-state index contributed by atoms with van der Waals surface area (Å²) in [5.74, 6) is 0.697. The van der Waals surface area contributed by atoms with E-state index in [1.807, 2.05) is 18.2 Å². The number of methoxy groups -OCH3 is 1. The van der Waals surface area contributed by atoms with Gasteiger partial charge >= 0.3 is 0 Å². The van der Waals surface area contributed by atoms with Gasteiger partial charge in [-0.05, 0) is 91.8 Å². The first kappa shape index (κ1) is 31.6. The van der Waals surface area contributed by atoms with Crippen molar-refractivity contribution in [2.45, 2.75) is 56.1 Å². The second kappa shape index (κ2) is 12.0. The van der Waals surface area contributed by atoms with Crippen LogP contribution in [0, 0.1) is 17.8 Å². The topological polar surface area (TPSA) is 115 Å². The van der Waals surface area contributed by atoms with E-state index in [2.05, 4.69) is 43.4 Å². The van der Waals surface area contributed by atoms with Gasteiger partial charge in [-0.15, -0.1) is 4.36 Å². The third kappa shape index (κ3) is 5.44. The molecule has 2 aliphatic heterocycles. The molecule has 0 radical (unpaired) electrons. The first-order valence-corrected chi connectivity index (χ1v) is 18.9. The molecule has 3 aromatic rings. The van der Waals surface area contributed by atoms with Crippen molar-refractivity contribution in [3.05, 3.63) is 88.2 Å². The van der Waals surface area contributed by atoms with Crippen molar-refractivity contribution in [3.63, 3.8) is 0 Å². The Morgan fingerprint density at radius 1 is 1.19 bits per heavy atom. The van der Waals surface area contributed by atoms with E-state index >= 15 is 0 Å². The fourth-order valence-corrected chi connectivity index (χ4v) is 10.3. The van der Waals surface area contributed by atoms with Crippen LogP contribution < -0.4 is 14.4 Å². The predicted molar refractivity (Wildman–Crippen MR) is 184 cm³/mol. The maximum atomic E-state index is 14.2. The van der Waals surface area contributed by atoms with Crippen LogP contribution in [0.2, 0.25) is 5.02 Å². The summed E-state index contributed by atoms with van der Waals surface area (Å²) in [5, 5.41) is 4.79. The van der Waals surface area contributed by atoms with E-state index in [0.717, 1.165) is 55.2 Å². The Hall–Kier alpha value is -3.67. The zero-order valence-corrected chi connectivity index (χ0v) is 28.7. The van der Waals surface area contributed by atoms with Crippen LogP contribution in [0.25, 0.3) is 0 Å². The molecule has 1 N–H and O–H groups in total. The Bertz CT molecular complexity index is 1950. The number of nitrogens with zero attached hydrogens (tertiary/aromatic N) is 4. The van der Waals surface area contributed by atoms with Crippen molar-refractivity contribution < 1.29 is 23.3 Å². The minimum absolute atomic E-state index is 0.0218. The van der Waals surface area contributed by atoms with Crippen LogP contribution in [0.4, 0.5) is 5.69 Å². The van der Waals surface area contributed by atoms with E-state index in [-0.39, 0.29) is 28.9 Å². The van der Waals surface area contributed by atoms with Crippen molar-refractivity contribution >= 4 is 39.0 Å².